The van der Waals surface area contributed by atoms with Crippen molar-refractivity contribution < 1.29 is 13.9 Å². The van der Waals surface area contributed by atoms with E-state index in [1.54, 1.807) is 6.20 Å². The van der Waals surface area contributed by atoms with Crippen molar-refractivity contribution in [2.75, 3.05) is 41.8 Å². The summed E-state index contributed by atoms with van der Waals surface area (Å²) in [5.41, 5.74) is 7.71. The molecule has 4 aromatic carbocycles. The van der Waals surface area contributed by atoms with E-state index in [9.17, 15) is 4.79 Å². The third kappa shape index (κ3) is 5.11. The van der Waals surface area contributed by atoms with Gasteiger partial charge in [-0.2, -0.15) is 0 Å². The second kappa shape index (κ2) is 10.8. The van der Waals surface area contributed by atoms with E-state index in [1.807, 2.05) is 91.0 Å². The normalized spacial score (nSPS) is 13.4. The first-order valence-corrected chi connectivity index (χ1v) is 13.7. The van der Waals surface area contributed by atoms with Crippen molar-refractivity contribution in [2.45, 2.75) is 0 Å². The van der Waals surface area contributed by atoms with Crippen LogP contribution in [0.15, 0.2) is 114 Å². The summed E-state index contributed by atoms with van der Waals surface area (Å²) < 4.78 is 11.6. The molecule has 0 atom stereocenters. The summed E-state index contributed by atoms with van der Waals surface area (Å²) in [6.07, 6.45) is 1.79. The maximum Gasteiger partial charge on any atom is 0.255 e. The molecule has 1 fully saturated rings. The van der Waals surface area contributed by atoms with Gasteiger partial charge >= 0.3 is 0 Å². The number of hydrogen-bond acceptors (Lipinski definition) is 6. The Kier molecular flexibility index (Phi) is 6.55. The quantitative estimate of drug-likeness (QED) is 0.228. The highest BCUT2D eigenvalue weighted by molar-refractivity contribution is 6.09. The molecule has 2 aromatic heterocycles. The van der Waals surface area contributed by atoms with Crippen LogP contribution in [0.1, 0.15) is 10.4 Å². The number of rotatable bonds is 6. The second-order valence-electron chi connectivity index (χ2n) is 10.0. The molecule has 3 heterocycles. The van der Waals surface area contributed by atoms with Crippen LogP contribution in [0, 0.1) is 0 Å². The maximum atomic E-state index is 12.8. The average molecular weight is 541 g/mol. The summed E-state index contributed by atoms with van der Waals surface area (Å²) >= 11 is 0. The highest BCUT2D eigenvalue weighted by Gasteiger charge is 2.14. The Balaban J connectivity index is 1.04. The first kappa shape index (κ1) is 24.9. The number of ether oxygens (including phenoxy) is 1. The minimum Gasteiger partial charge on any atom is -0.455 e. The molecule has 0 radical (unpaired) electrons. The third-order valence-electron chi connectivity index (χ3n) is 7.38. The third-order valence-corrected chi connectivity index (χ3v) is 7.38. The molecule has 202 valence electrons. The van der Waals surface area contributed by atoms with Gasteiger partial charge in [0.15, 0.2) is 0 Å². The van der Waals surface area contributed by atoms with Crippen molar-refractivity contribution in [3.05, 3.63) is 115 Å². The second-order valence-corrected chi connectivity index (χ2v) is 10.0. The molecule has 0 saturated carbocycles. The van der Waals surface area contributed by atoms with Gasteiger partial charge in [0.1, 0.15) is 11.2 Å². The maximum absolute atomic E-state index is 12.8. The zero-order chi connectivity index (χ0) is 27.6. The predicted octanol–water partition coefficient (Wildman–Crippen LogP) is 7.48. The van der Waals surface area contributed by atoms with E-state index in [4.69, 9.17) is 9.15 Å². The number of fused-ring (bicyclic) bond motifs is 3. The molecule has 41 heavy (non-hydrogen) atoms. The molecule has 2 N–H and O–H groups in total. The molecule has 7 heteroatoms. The van der Waals surface area contributed by atoms with Crippen LogP contribution in [0.25, 0.3) is 33.2 Å². The van der Waals surface area contributed by atoms with Crippen LogP contribution in [0.4, 0.5) is 22.7 Å². The molecule has 1 aliphatic heterocycles. The van der Waals surface area contributed by atoms with Gasteiger partial charge in [-0.05, 0) is 72.8 Å². The Morgan fingerprint density at radius 1 is 0.756 bits per heavy atom. The number of amides is 1. The van der Waals surface area contributed by atoms with Gasteiger partial charge in [0.25, 0.3) is 5.91 Å². The molecule has 7 rings (SSSR count). The summed E-state index contributed by atoms with van der Waals surface area (Å²) in [5.74, 6) is -0.141. The molecule has 0 aliphatic carbocycles. The molecule has 0 spiro atoms. The van der Waals surface area contributed by atoms with E-state index < -0.39 is 0 Å². The van der Waals surface area contributed by atoms with Gasteiger partial charge in [-0.15, -0.1) is 0 Å². The summed E-state index contributed by atoms with van der Waals surface area (Å²) in [6, 6.07) is 33.5. The van der Waals surface area contributed by atoms with E-state index in [1.165, 1.54) is 0 Å². The number of benzene rings is 4. The van der Waals surface area contributed by atoms with Gasteiger partial charge in [0.05, 0.1) is 18.9 Å². The van der Waals surface area contributed by atoms with E-state index in [-0.39, 0.29) is 5.91 Å². The van der Waals surface area contributed by atoms with Crippen molar-refractivity contribution in [2.24, 2.45) is 0 Å². The van der Waals surface area contributed by atoms with E-state index in [2.05, 4.69) is 32.7 Å². The Labute approximate surface area is 237 Å². The number of carbonyl (C=O) groups is 1. The minimum atomic E-state index is -0.141. The van der Waals surface area contributed by atoms with Crippen molar-refractivity contribution in [1.29, 1.82) is 0 Å². The fourth-order valence-corrected chi connectivity index (χ4v) is 5.26. The number of pyridine rings is 1. The summed E-state index contributed by atoms with van der Waals surface area (Å²) in [6.45, 7) is 3.19. The van der Waals surface area contributed by atoms with Crippen LogP contribution in [0.2, 0.25) is 0 Å². The van der Waals surface area contributed by atoms with Gasteiger partial charge < -0.3 is 24.7 Å². The highest BCUT2D eigenvalue weighted by Crippen LogP contribution is 2.35. The van der Waals surface area contributed by atoms with Gasteiger partial charge in [0.2, 0.25) is 0 Å². The largest absolute Gasteiger partial charge is 0.455 e. The first-order valence-electron chi connectivity index (χ1n) is 13.7. The zero-order valence-corrected chi connectivity index (χ0v) is 22.3. The molecular weight excluding hydrogens is 512 g/mol. The number of carbonyl (C=O) groups excluding carboxylic acids is 1. The summed E-state index contributed by atoms with van der Waals surface area (Å²) in [4.78, 5) is 19.7. The minimum absolute atomic E-state index is 0.141. The number of aromatic nitrogens is 1. The molecule has 6 aromatic rings. The van der Waals surface area contributed by atoms with Crippen molar-refractivity contribution in [3.63, 3.8) is 0 Å². The Morgan fingerprint density at radius 2 is 1.51 bits per heavy atom. The molecule has 0 unspecified atom stereocenters. The Bertz CT molecular complexity index is 1840. The van der Waals surface area contributed by atoms with Crippen molar-refractivity contribution in [1.82, 2.24) is 4.98 Å². The van der Waals surface area contributed by atoms with Crippen LogP contribution in [0.5, 0.6) is 0 Å². The topological polar surface area (TPSA) is 79.6 Å². The van der Waals surface area contributed by atoms with Crippen LogP contribution < -0.4 is 15.5 Å². The average Bonchev–Trinajstić information content (AvgIpc) is 3.42. The summed E-state index contributed by atoms with van der Waals surface area (Å²) in [5, 5.41) is 8.59. The van der Waals surface area contributed by atoms with E-state index >= 15 is 0 Å². The molecular formula is C34H28N4O3. The predicted molar refractivity (Wildman–Crippen MR) is 164 cm³/mol. The molecule has 0 bridgehead atoms. The van der Waals surface area contributed by atoms with E-state index in [0.29, 0.717) is 5.56 Å². The van der Waals surface area contributed by atoms with Crippen molar-refractivity contribution in [3.8, 4) is 11.3 Å². The Morgan fingerprint density at radius 3 is 2.34 bits per heavy atom. The smallest absolute Gasteiger partial charge is 0.255 e. The number of furan rings is 1. The van der Waals surface area contributed by atoms with Gasteiger partial charge in [-0.3, -0.25) is 9.78 Å². The molecule has 1 saturated heterocycles. The van der Waals surface area contributed by atoms with E-state index in [0.717, 1.165) is 82.2 Å². The van der Waals surface area contributed by atoms with Crippen molar-refractivity contribution >= 4 is 50.6 Å². The SMILES string of the molecule is O=C(Nc1ccc(Nc2ccnc(-c3cccc4c3oc3ccccc34)c2)cc1)c1ccc(N2CCOCC2)cc1. The number of nitrogens with one attached hydrogen (secondary N) is 2. The van der Waals surface area contributed by atoms with Crippen LogP contribution >= 0.6 is 0 Å². The van der Waals surface area contributed by atoms with Gasteiger partial charge in [-0.1, -0.05) is 30.3 Å². The van der Waals surface area contributed by atoms with Crippen LogP contribution in [-0.4, -0.2) is 37.2 Å². The lowest BCUT2D eigenvalue weighted by Gasteiger charge is -2.28. The van der Waals surface area contributed by atoms with Gasteiger partial charge in [-0.25, -0.2) is 0 Å². The summed E-state index contributed by atoms with van der Waals surface area (Å²) in [7, 11) is 0. The van der Waals surface area contributed by atoms with Gasteiger partial charge in [0, 0.05) is 63.9 Å². The number of para-hydroxylation sites is 2. The number of anilines is 4. The highest BCUT2D eigenvalue weighted by atomic mass is 16.5. The lowest BCUT2D eigenvalue weighted by molar-refractivity contribution is 0.102. The fourth-order valence-electron chi connectivity index (χ4n) is 5.26. The number of morpholine rings is 1. The fraction of sp³-hybridized carbons (Fsp3) is 0.118. The lowest BCUT2D eigenvalue weighted by atomic mass is 10.1. The van der Waals surface area contributed by atoms with Crippen LogP contribution in [-0.2, 0) is 4.74 Å². The zero-order valence-electron chi connectivity index (χ0n) is 22.3. The standard InChI is InChI=1S/C34H28N4O3/c39-34(23-8-14-27(15-9-23)38-18-20-40-21-19-38)37-25-12-10-24(11-13-25)36-26-16-17-35-31(22-26)30-6-3-5-29-28-4-1-2-7-32(28)41-33(29)30/h1-17,22H,18-21H2,(H,35,36)(H,37,39). The Hall–Kier alpha value is -5.14. The molecule has 1 aliphatic rings. The number of hydrogen-bond donors (Lipinski definition) is 2. The molecule has 7 nitrogen and oxygen atoms in total. The first-order chi connectivity index (χ1) is 20.2. The number of nitrogens with zero attached hydrogens (tertiary/aromatic N) is 2. The molecule has 1 amide bonds. The lowest BCUT2D eigenvalue weighted by Crippen LogP contribution is -2.36. The van der Waals surface area contributed by atoms with Crippen LogP contribution in [0.3, 0.4) is 0 Å². The monoisotopic (exact) mass is 540 g/mol.